The number of carbonyl (C=O) groups is 1. The van der Waals surface area contributed by atoms with E-state index in [9.17, 15) is 4.79 Å². The molecular weight excluding hydrogens is 198 g/mol. The van der Waals surface area contributed by atoms with Crippen molar-refractivity contribution in [3.63, 3.8) is 0 Å². The number of aryl methyl sites for hydroxylation is 2. The Hall–Kier alpha value is -1.15. The molecule has 1 unspecified atom stereocenters. The zero-order valence-electron chi connectivity index (χ0n) is 10.6. The second kappa shape index (κ2) is 5.26. The van der Waals surface area contributed by atoms with Crippen LogP contribution >= 0.6 is 0 Å². The van der Waals surface area contributed by atoms with Gasteiger partial charge < -0.3 is 5.73 Å². The molecule has 1 aromatic carbocycles. The second-order valence-electron chi connectivity index (χ2n) is 4.83. The summed E-state index contributed by atoms with van der Waals surface area (Å²) in [6, 6.07) is 5.79. The molecule has 1 atom stereocenters. The van der Waals surface area contributed by atoms with Gasteiger partial charge >= 0.3 is 0 Å². The van der Waals surface area contributed by atoms with Crippen molar-refractivity contribution < 1.29 is 4.79 Å². The van der Waals surface area contributed by atoms with E-state index in [4.69, 9.17) is 5.73 Å². The molecule has 2 heteroatoms. The summed E-state index contributed by atoms with van der Waals surface area (Å²) < 4.78 is 0. The number of carbonyl (C=O) groups excluding carboxylic acids is 1. The van der Waals surface area contributed by atoms with E-state index in [0.717, 1.165) is 5.56 Å². The Labute approximate surface area is 97.9 Å². The van der Waals surface area contributed by atoms with E-state index in [2.05, 4.69) is 26.0 Å². The molecule has 2 nitrogen and oxygen atoms in total. The van der Waals surface area contributed by atoms with E-state index in [0.29, 0.717) is 6.42 Å². The van der Waals surface area contributed by atoms with Crippen LogP contribution in [0.2, 0.25) is 0 Å². The van der Waals surface area contributed by atoms with E-state index in [1.54, 1.807) is 0 Å². The lowest BCUT2D eigenvalue weighted by atomic mass is 9.95. The summed E-state index contributed by atoms with van der Waals surface area (Å²) in [5.41, 5.74) is 9.37. The van der Waals surface area contributed by atoms with Gasteiger partial charge in [0.2, 0.25) is 0 Å². The summed E-state index contributed by atoms with van der Waals surface area (Å²) in [5.74, 6) is 0.331. The normalized spacial score (nSPS) is 12.9. The van der Waals surface area contributed by atoms with E-state index in [1.165, 1.54) is 11.1 Å². The third-order valence-electron chi connectivity index (χ3n) is 3.04. The van der Waals surface area contributed by atoms with Gasteiger partial charge in [0.1, 0.15) is 0 Å². The average Bonchev–Trinajstić information content (AvgIpc) is 2.22. The summed E-state index contributed by atoms with van der Waals surface area (Å²) in [5, 5.41) is 0. The van der Waals surface area contributed by atoms with Crippen LogP contribution in [0.5, 0.6) is 0 Å². The highest BCUT2D eigenvalue weighted by Gasteiger charge is 2.17. The number of benzene rings is 1. The van der Waals surface area contributed by atoms with Crippen LogP contribution in [-0.4, -0.2) is 11.8 Å². The zero-order chi connectivity index (χ0) is 12.3. The maximum absolute atomic E-state index is 11.8. The Morgan fingerprint density at radius 3 is 2.38 bits per heavy atom. The molecule has 0 aromatic heterocycles. The first kappa shape index (κ1) is 12.9. The van der Waals surface area contributed by atoms with E-state index in [-0.39, 0.29) is 17.7 Å². The fourth-order valence-corrected chi connectivity index (χ4v) is 1.60. The maximum Gasteiger partial charge on any atom is 0.154 e. The van der Waals surface area contributed by atoms with Crippen LogP contribution in [0.3, 0.4) is 0 Å². The monoisotopic (exact) mass is 219 g/mol. The summed E-state index contributed by atoms with van der Waals surface area (Å²) >= 11 is 0. The van der Waals surface area contributed by atoms with Crippen molar-refractivity contribution in [1.82, 2.24) is 0 Å². The molecular formula is C14H21NO. The Kier molecular flexibility index (Phi) is 4.25. The topological polar surface area (TPSA) is 43.1 Å². The molecule has 0 spiro atoms. The standard InChI is InChI=1S/C14H21NO/c1-9(2)14(15)13(16)8-12-6-5-10(3)11(4)7-12/h5-7,9,14H,8,15H2,1-4H3. The van der Waals surface area contributed by atoms with Gasteiger partial charge in [-0.25, -0.2) is 0 Å². The zero-order valence-corrected chi connectivity index (χ0v) is 10.6. The molecule has 0 aliphatic heterocycles. The molecule has 0 aliphatic carbocycles. The van der Waals surface area contributed by atoms with Gasteiger partial charge in [-0.3, -0.25) is 4.79 Å². The Balaban J connectivity index is 2.74. The van der Waals surface area contributed by atoms with Crippen molar-refractivity contribution in [3.05, 3.63) is 34.9 Å². The molecule has 0 heterocycles. The molecule has 1 rings (SSSR count). The molecule has 0 fully saturated rings. The molecule has 0 radical (unpaired) electrons. The number of ketones is 1. The molecule has 88 valence electrons. The van der Waals surface area contributed by atoms with Crippen molar-refractivity contribution >= 4 is 5.78 Å². The van der Waals surface area contributed by atoms with Crippen molar-refractivity contribution in [3.8, 4) is 0 Å². The van der Waals surface area contributed by atoms with Crippen LogP contribution in [-0.2, 0) is 11.2 Å². The third-order valence-corrected chi connectivity index (χ3v) is 3.04. The van der Waals surface area contributed by atoms with Gasteiger partial charge in [-0.2, -0.15) is 0 Å². The smallest absolute Gasteiger partial charge is 0.154 e. The molecule has 16 heavy (non-hydrogen) atoms. The third kappa shape index (κ3) is 3.17. The van der Waals surface area contributed by atoms with Crippen LogP contribution in [0, 0.1) is 19.8 Å². The van der Waals surface area contributed by atoms with Crippen molar-refractivity contribution in [2.24, 2.45) is 11.7 Å². The van der Waals surface area contributed by atoms with Gasteiger partial charge in [-0.15, -0.1) is 0 Å². The molecule has 0 aliphatic rings. The number of nitrogens with two attached hydrogens (primary N) is 1. The predicted octanol–water partition coefficient (Wildman–Crippen LogP) is 2.40. The number of hydrogen-bond donors (Lipinski definition) is 1. The maximum atomic E-state index is 11.8. The first-order chi connectivity index (χ1) is 7.41. The number of Topliss-reactive ketones (excluding diaryl/α,β-unsaturated/α-hetero) is 1. The first-order valence-electron chi connectivity index (χ1n) is 5.76. The summed E-state index contributed by atoms with van der Waals surface area (Å²) in [6.45, 7) is 8.08. The molecule has 1 aromatic rings. The van der Waals surface area contributed by atoms with Gasteiger partial charge in [-0.1, -0.05) is 32.0 Å². The highest BCUT2D eigenvalue weighted by atomic mass is 16.1. The van der Waals surface area contributed by atoms with E-state index in [1.807, 2.05) is 19.9 Å². The highest BCUT2D eigenvalue weighted by molar-refractivity contribution is 5.86. The lowest BCUT2D eigenvalue weighted by Gasteiger charge is -2.14. The molecule has 0 saturated heterocycles. The van der Waals surface area contributed by atoms with E-state index >= 15 is 0 Å². The predicted molar refractivity (Wildman–Crippen MR) is 67.4 cm³/mol. The van der Waals surface area contributed by atoms with Gasteiger partial charge in [0.05, 0.1) is 6.04 Å². The molecule has 0 saturated carbocycles. The van der Waals surface area contributed by atoms with Crippen molar-refractivity contribution in [2.45, 2.75) is 40.2 Å². The van der Waals surface area contributed by atoms with Crippen LogP contribution in [0.15, 0.2) is 18.2 Å². The highest BCUT2D eigenvalue weighted by Crippen LogP contribution is 2.12. The van der Waals surface area contributed by atoms with Gasteiger partial charge in [0.25, 0.3) is 0 Å². The van der Waals surface area contributed by atoms with Crippen LogP contribution in [0.4, 0.5) is 0 Å². The van der Waals surface area contributed by atoms with Gasteiger partial charge in [0, 0.05) is 6.42 Å². The molecule has 2 N–H and O–H groups in total. The quantitative estimate of drug-likeness (QED) is 0.845. The summed E-state index contributed by atoms with van der Waals surface area (Å²) in [6.07, 6.45) is 0.445. The SMILES string of the molecule is Cc1ccc(CC(=O)C(N)C(C)C)cc1C. The summed E-state index contributed by atoms with van der Waals surface area (Å²) in [4.78, 5) is 11.8. The fraction of sp³-hybridized carbons (Fsp3) is 0.500. The van der Waals surface area contributed by atoms with Gasteiger partial charge in [0.15, 0.2) is 5.78 Å². The van der Waals surface area contributed by atoms with Crippen LogP contribution in [0.25, 0.3) is 0 Å². The van der Waals surface area contributed by atoms with Crippen LogP contribution in [0.1, 0.15) is 30.5 Å². The van der Waals surface area contributed by atoms with Crippen molar-refractivity contribution in [1.29, 1.82) is 0 Å². The molecule has 0 bridgehead atoms. The minimum absolute atomic E-state index is 0.123. The lowest BCUT2D eigenvalue weighted by Crippen LogP contribution is -2.36. The number of hydrogen-bond acceptors (Lipinski definition) is 2. The first-order valence-corrected chi connectivity index (χ1v) is 5.76. The fourth-order valence-electron chi connectivity index (χ4n) is 1.60. The Morgan fingerprint density at radius 2 is 1.88 bits per heavy atom. The lowest BCUT2D eigenvalue weighted by molar-refractivity contribution is -0.120. The largest absolute Gasteiger partial charge is 0.321 e. The molecule has 0 amide bonds. The minimum atomic E-state index is -0.346. The average molecular weight is 219 g/mol. The Morgan fingerprint density at radius 1 is 1.25 bits per heavy atom. The Bertz CT molecular complexity index is 382. The summed E-state index contributed by atoms with van der Waals surface area (Å²) in [7, 11) is 0. The second-order valence-corrected chi connectivity index (χ2v) is 4.83. The van der Waals surface area contributed by atoms with Crippen molar-refractivity contribution in [2.75, 3.05) is 0 Å². The minimum Gasteiger partial charge on any atom is -0.321 e. The van der Waals surface area contributed by atoms with Crippen LogP contribution < -0.4 is 5.73 Å². The van der Waals surface area contributed by atoms with E-state index < -0.39 is 0 Å². The number of rotatable bonds is 4. The van der Waals surface area contributed by atoms with Gasteiger partial charge in [-0.05, 0) is 36.5 Å².